The Labute approximate surface area is 725 Å². The Morgan fingerprint density at radius 3 is 0.815 bits per heavy atom. The van der Waals surface area contributed by atoms with Gasteiger partial charge in [0.25, 0.3) is 17.7 Å². The number of aliphatic hydroxyl groups is 6. The quantitative estimate of drug-likeness (QED) is 0.0189. The van der Waals surface area contributed by atoms with E-state index in [4.69, 9.17) is 77.5 Å². The molecule has 0 aromatic carbocycles. The highest BCUT2D eigenvalue weighted by molar-refractivity contribution is 7.48. The molecule has 9 atom stereocenters. The highest BCUT2D eigenvalue weighted by atomic mass is 35.5. The minimum absolute atomic E-state index is 0.0704. The lowest BCUT2D eigenvalue weighted by molar-refractivity contribution is -0.00306. The van der Waals surface area contributed by atoms with Crippen molar-refractivity contribution in [1.29, 1.82) is 0 Å². The topological polar surface area (TPSA) is 422 Å². The normalized spacial score (nSPS) is 21.0. The summed E-state index contributed by atoms with van der Waals surface area (Å²) in [6.45, 7) is 44.4. The summed E-state index contributed by atoms with van der Waals surface area (Å²) in [6.07, 6.45) is -1.05. The Morgan fingerprint density at radius 2 is 0.622 bits per heavy atom. The number of aromatic nitrogens is 12. The molecule has 6 aromatic rings. The minimum Gasteiger partial charge on any atom is -0.393 e. The summed E-state index contributed by atoms with van der Waals surface area (Å²) in [7, 11) is -0.876. The van der Waals surface area contributed by atoms with Crippen molar-refractivity contribution in [2.75, 3.05) is 95.1 Å². The molecule has 3 aliphatic rings. The van der Waals surface area contributed by atoms with Crippen molar-refractivity contribution < 1.29 is 77.4 Å². The van der Waals surface area contributed by atoms with Gasteiger partial charge in [0, 0.05) is 76.8 Å². The molecule has 6 aromatic heterocycles. The van der Waals surface area contributed by atoms with E-state index in [1.54, 1.807) is 0 Å². The number of halogens is 3. The number of carbonyl (C=O) groups excluding carboxylic acids is 3. The first-order chi connectivity index (χ1) is 54.7. The van der Waals surface area contributed by atoms with Crippen LogP contribution >= 0.6 is 76.6 Å². The van der Waals surface area contributed by atoms with Crippen LogP contribution in [0.3, 0.4) is 0 Å². The number of phosphoric acid groups is 1. The van der Waals surface area contributed by atoms with Crippen molar-refractivity contribution in [1.82, 2.24) is 75.2 Å². The number of nitrogens with zero attached hydrogens (tertiary/aromatic N) is 15. The Kier molecular flexibility index (Phi) is 29.2. The number of nitrogens with one attached hydrogen (secondary N) is 3. The van der Waals surface area contributed by atoms with Crippen LogP contribution in [0.5, 0.6) is 0 Å². The molecule has 3 saturated heterocycles. The largest absolute Gasteiger partial charge is 0.480 e. The van der Waals surface area contributed by atoms with Gasteiger partial charge >= 0.3 is 7.82 Å². The van der Waals surface area contributed by atoms with Gasteiger partial charge < -0.3 is 75.5 Å². The number of hydrogen-bond donors (Lipinski definition) is 9. The summed E-state index contributed by atoms with van der Waals surface area (Å²) < 4.78 is 59.0. The summed E-state index contributed by atoms with van der Waals surface area (Å²) in [4.78, 5) is 68.0. The molecule has 0 unspecified atom stereocenters. The SMILES string of the molecule is CO[C@H]1CN(c2nnc([C@](C)(O)CO)s2)CC[C@H]1NC(=O)c1nc(C(C)(C(C)(C)C)C(C)(C)C)c(Cl)n1COP(=O)(OCn1c(C(=O)N[C@@H]2CCN(c3nnc([C@](C)(O)CO)s3)C[C@@H]2OC)nc(C(C)(C(C)(C)C)C(C)(C)C)c1Cl)OCn1c(C(=O)N[C@@H]2CCN(c3nnc([C@](C)(O)CO)s3)C[C@@H]2OC)nc(C(C)(C(C)(C)C)C(C)(C)C)c1Cl. The minimum atomic E-state index is -5.42. The highest BCUT2D eigenvalue weighted by Gasteiger charge is 2.56. The highest BCUT2D eigenvalue weighted by Crippen LogP contribution is 2.59. The van der Waals surface area contributed by atoms with Crippen LogP contribution in [0.25, 0.3) is 0 Å². The molecule has 9 N–H and O–H groups in total. The maximum Gasteiger partial charge on any atom is 0.480 e. The van der Waals surface area contributed by atoms with E-state index in [0.29, 0.717) is 71.4 Å². The number of amides is 3. The number of rotatable bonds is 30. The molecule has 3 fully saturated rings. The molecule has 0 radical (unpaired) electrons. The number of aliphatic hydroxyl groups excluding tert-OH is 3. The summed E-state index contributed by atoms with van der Waals surface area (Å²) >= 11 is 26.7. The van der Waals surface area contributed by atoms with Crippen LogP contribution < -0.4 is 30.7 Å². The van der Waals surface area contributed by atoms with Crippen LogP contribution in [0.15, 0.2) is 0 Å². The van der Waals surface area contributed by atoms with Gasteiger partial charge in [0.15, 0.2) is 15.0 Å². The van der Waals surface area contributed by atoms with Crippen LogP contribution in [0.2, 0.25) is 15.5 Å². The predicted octanol–water partition coefficient (Wildman–Crippen LogP) is 10.9. The molecule has 119 heavy (non-hydrogen) atoms. The summed E-state index contributed by atoms with van der Waals surface area (Å²) in [5.41, 5.74) is -10.6. The van der Waals surface area contributed by atoms with Gasteiger partial charge in [0.1, 0.15) is 52.5 Å². The van der Waals surface area contributed by atoms with E-state index in [1.807, 2.05) is 160 Å². The lowest BCUT2D eigenvalue weighted by atomic mass is 9.54. The average molecular weight is 1810 g/mol. The zero-order valence-electron chi connectivity index (χ0n) is 73.9. The van der Waals surface area contributed by atoms with Crippen molar-refractivity contribution >= 4 is 110 Å². The van der Waals surface area contributed by atoms with Crippen molar-refractivity contribution in [2.45, 2.75) is 275 Å². The van der Waals surface area contributed by atoms with Gasteiger partial charge in [-0.1, -0.05) is 214 Å². The molecule has 41 heteroatoms. The molecule has 0 bridgehead atoms. The molecule has 34 nitrogen and oxygen atoms in total. The number of ether oxygens (including phenoxy) is 3. The van der Waals surface area contributed by atoms with Gasteiger partial charge in [-0.2, -0.15) is 0 Å². The van der Waals surface area contributed by atoms with E-state index in [9.17, 15) is 30.6 Å². The smallest absolute Gasteiger partial charge is 0.393 e. The third-order valence-electron chi connectivity index (χ3n) is 25.7. The second-order valence-electron chi connectivity index (χ2n) is 38.8. The van der Waals surface area contributed by atoms with E-state index in [2.05, 4.69) is 46.5 Å². The average Bonchev–Trinajstić information content (AvgIpc) is 1.60. The molecule has 9 heterocycles. The lowest BCUT2D eigenvalue weighted by Crippen LogP contribution is -2.55. The zero-order chi connectivity index (χ0) is 89.3. The lowest BCUT2D eigenvalue weighted by Gasteiger charge is -2.50. The van der Waals surface area contributed by atoms with Gasteiger partial charge in [0.2, 0.25) is 32.9 Å². The Bertz CT molecular complexity index is 4130. The predicted molar refractivity (Wildman–Crippen MR) is 458 cm³/mol. The van der Waals surface area contributed by atoms with E-state index in [-0.39, 0.29) is 67.6 Å². The standard InChI is InChI=1S/C78H126Cl3N18O16PS3/c1-67(2,3)76(22,68(4,5)6)49-52(79)97(55(85-49)58(103)82-43-28-31-94(34-46(43)110-25)64-91-88-61(117-64)73(19,106)37-100)40-113-116(109,114-41-98-53(80)50(77(23,69(7,8)9)70(10,11)12)86-56(98)59(104)83-44-29-32-95(35-47(44)111-26)65-92-89-62(118-65)74(20,107)38-101)115-42-99-54(81)51(78(24,71(13,14)15)72(16,17)18)87-57(99)60(105)84-45-30-33-96(36-48(45)112-27)66-93-90-63(119-66)75(21,108)39-102/h43-48,100-102,106-108H,28-42H2,1-27H3,(H,82,103)(H,83,104)(H,84,105)/t43-,44-,45-,46+,47+,48+,73-,74-,75-/m1/s1. The Morgan fingerprint density at radius 1 is 0.403 bits per heavy atom. The third kappa shape index (κ3) is 19.3. The molecule has 0 spiro atoms. The van der Waals surface area contributed by atoms with Crippen LogP contribution in [-0.2, 0) is 85.6 Å². The van der Waals surface area contributed by atoms with Crippen LogP contribution in [0.1, 0.15) is 249 Å². The number of methoxy groups -OCH3 is 3. The summed E-state index contributed by atoms with van der Waals surface area (Å²) in [5, 5.41) is 99.1. The van der Waals surface area contributed by atoms with Crippen molar-refractivity contribution in [3.63, 3.8) is 0 Å². The first-order valence-electron chi connectivity index (χ1n) is 39.8. The second-order valence-corrected chi connectivity index (χ2v) is 44.4. The Balaban J connectivity index is 1.17. The summed E-state index contributed by atoms with van der Waals surface area (Å²) in [5.74, 6) is -2.99. The van der Waals surface area contributed by atoms with E-state index < -0.39 is 168 Å². The van der Waals surface area contributed by atoms with Crippen molar-refractivity contribution in [2.24, 2.45) is 32.5 Å². The van der Waals surface area contributed by atoms with Crippen molar-refractivity contribution in [3.05, 3.63) is 65.0 Å². The van der Waals surface area contributed by atoms with E-state index in [0.717, 1.165) is 34.0 Å². The first-order valence-corrected chi connectivity index (χ1v) is 44.9. The molecular weight excluding hydrogens is 1680 g/mol. The molecule has 3 aliphatic heterocycles. The number of phosphoric ester groups is 1. The van der Waals surface area contributed by atoms with E-state index >= 15 is 18.9 Å². The molecule has 668 valence electrons. The van der Waals surface area contributed by atoms with Gasteiger partial charge in [-0.25, -0.2) is 19.5 Å². The fourth-order valence-corrected chi connectivity index (χ4v) is 21.0. The molecule has 3 amide bonds. The van der Waals surface area contributed by atoms with E-state index in [1.165, 1.54) is 55.8 Å². The monoisotopic (exact) mass is 1800 g/mol. The molecule has 0 aliphatic carbocycles. The zero-order valence-corrected chi connectivity index (χ0v) is 79.5. The number of hydrogen-bond acceptors (Lipinski definition) is 31. The first kappa shape index (κ1) is 97.5. The van der Waals surface area contributed by atoms with Crippen LogP contribution in [-0.4, -0.2) is 224 Å². The maximum atomic E-state index is 17.0. The fourth-order valence-electron chi connectivity index (χ4n) is 16.2. The van der Waals surface area contributed by atoms with Gasteiger partial charge in [0.05, 0.1) is 73.3 Å². The number of carbonyl (C=O) groups is 3. The Hall–Kier alpha value is -5.26. The summed E-state index contributed by atoms with van der Waals surface area (Å²) in [6, 6.07) is -1.99. The van der Waals surface area contributed by atoms with Crippen molar-refractivity contribution in [3.8, 4) is 0 Å². The van der Waals surface area contributed by atoms with Gasteiger partial charge in [-0.05, 0) is 72.5 Å². The molecular formula is C78H126Cl3N18O16PS3. The number of anilines is 3. The van der Waals surface area contributed by atoms with Gasteiger partial charge in [-0.15, -0.1) is 30.6 Å². The van der Waals surface area contributed by atoms with Crippen LogP contribution in [0, 0.1) is 32.5 Å². The number of imidazole rings is 3. The molecule has 0 saturated carbocycles. The van der Waals surface area contributed by atoms with Crippen LogP contribution in [0.4, 0.5) is 15.4 Å². The third-order valence-corrected chi connectivity index (χ3v) is 31.8. The fraction of sp³-hybridized carbons (Fsp3) is 0.769. The number of piperidine rings is 3. The van der Waals surface area contributed by atoms with Gasteiger partial charge in [-0.3, -0.25) is 41.7 Å². The second kappa shape index (κ2) is 35.6. The maximum absolute atomic E-state index is 17.0. The molecule has 9 rings (SSSR count).